The number of rotatable bonds is 5. The molecule has 0 aromatic heterocycles. The largest absolute Gasteiger partial charge is 0.332 e. The second-order valence-corrected chi connectivity index (χ2v) is 7.00. The minimum absolute atomic E-state index is 0. The summed E-state index contributed by atoms with van der Waals surface area (Å²) in [6.07, 6.45) is 4.33. The summed E-state index contributed by atoms with van der Waals surface area (Å²) in [7, 11) is 0. The Morgan fingerprint density at radius 2 is 1.76 bits per heavy atom. The van der Waals surface area contributed by atoms with Gasteiger partial charge in [-0.25, -0.2) is 0 Å². The highest BCUT2D eigenvalue weighted by molar-refractivity contribution is 6.39. The van der Waals surface area contributed by atoms with Crippen LogP contribution >= 0.6 is 35.6 Å². The molecule has 1 aromatic carbocycles. The molecule has 1 aromatic rings. The molecule has 0 unspecified atom stereocenters. The first-order valence-electron chi connectivity index (χ1n) is 8.19. The number of hydrogen-bond acceptors (Lipinski definition) is 3. The molecule has 0 saturated heterocycles. The lowest BCUT2D eigenvalue weighted by atomic mass is 9.81. The molecule has 0 heterocycles. The number of amides is 2. The standard InChI is InChI=1S/C17H23Cl2N3O2.ClH/c1-2-22(16(24)17(20)9-4-3-5-10-17)11-14(23)21-15-12(18)7-6-8-13(15)19;/h6-8H,2-5,9-11,20H2,1H3,(H,21,23);1H. The van der Waals surface area contributed by atoms with Crippen molar-refractivity contribution in [2.24, 2.45) is 5.73 Å². The highest BCUT2D eigenvalue weighted by Crippen LogP contribution is 2.30. The van der Waals surface area contributed by atoms with Crippen molar-refractivity contribution >= 4 is 53.1 Å². The van der Waals surface area contributed by atoms with Gasteiger partial charge < -0.3 is 16.0 Å². The van der Waals surface area contributed by atoms with Gasteiger partial charge in [0.05, 0.1) is 27.8 Å². The summed E-state index contributed by atoms with van der Waals surface area (Å²) >= 11 is 12.1. The molecule has 0 spiro atoms. The van der Waals surface area contributed by atoms with Crippen molar-refractivity contribution in [1.29, 1.82) is 0 Å². The average Bonchev–Trinajstić information content (AvgIpc) is 2.56. The van der Waals surface area contributed by atoms with Crippen LogP contribution < -0.4 is 11.1 Å². The van der Waals surface area contributed by atoms with E-state index in [2.05, 4.69) is 5.32 Å². The summed E-state index contributed by atoms with van der Waals surface area (Å²) < 4.78 is 0. The number of benzene rings is 1. The summed E-state index contributed by atoms with van der Waals surface area (Å²) in [6.45, 7) is 2.18. The first-order valence-corrected chi connectivity index (χ1v) is 8.95. The Hall–Kier alpha value is -1.01. The number of nitrogens with one attached hydrogen (secondary N) is 1. The zero-order valence-corrected chi connectivity index (χ0v) is 16.5. The average molecular weight is 409 g/mol. The molecular weight excluding hydrogens is 385 g/mol. The van der Waals surface area contributed by atoms with Crippen LogP contribution in [0.5, 0.6) is 0 Å². The summed E-state index contributed by atoms with van der Waals surface area (Å²) in [5.74, 6) is -0.510. The van der Waals surface area contributed by atoms with Crippen molar-refractivity contribution in [3.63, 3.8) is 0 Å². The third-order valence-corrected chi connectivity index (χ3v) is 5.03. The summed E-state index contributed by atoms with van der Waals surface area (Å²) in [5, 5.41) is 3.38. The molecule has 0 radical (unpaired) electrons. The number of carbonyl (C=O) groups is 2. The molecule has 0 bridgehead atoms. The first-order chi connectivity index (χ1) is 11.4. The van der Waals surface area contributed by atoms with E-state index in [1.54, 1.807) is 18.2 Å². The third-order valence-electron chi connectivity index (χ3n) is 4.40. The lowest BCUT2D eigenvalue weighted by Gasteiger charge is -2.36. The number of likely N-dealkylation sites (N-methyl/N-ethyl adjacent to an activating group) is 1. The van der Waals surface area contributed by atoms with E-state index in [0.717, 1.165) is 19.3 Å². The zero-order valence-electron chi connectivity index (χ0n) is 14.2. The third kappa shape index (κ3) is 5.48. The van der Waals surface area contributed by atoms with Gasteiger partial charge in [-0.1, -0.05) is 48.5 Å². The van der Waals surface area contributed by atoms with Gasteiger partial charge in [0, 0.05) is 6.54 Å². The van der Waals surface area contributed by atoms with Crippen molar-refractivity contribution in [2.45, 2.75) is 44.6 Å². The predicted octanol–water partition coefficient (Wildman–Crippen LogP) is 3.86. The van der Waals surface area contributed by atoms with E-state index < -0.39 is 5.54 Å². The molecule has 25 heavy (non-hydrogen) atoms. The minimum Gasteiger partial charge on any atom is -0.332 e. The SMILES string of the molecule is CCN(CC(=O)Nc1c(Cl)cccc1Cl)C(=O)C1(N)CCCCC1.Cl. The quantitative estimate of drug-likeness (QED) is 0.776. The Morgan fingerprint density at radius 3 is 2.28 bits per heavy atom. The van der Waals surface area contributed by atoms with Crippen LogP contribution in [0.1, 0.15) is 39.0 Å². The molecule has 0 aliphatic heterocycles. The maximum atomic E-state index is 12.7. The van der Waals surface area contributed by atoms with Gasteiger partial charge in [0.25, 0.3) is 0 Å². The van der Waals surface area contributed by atoms with Crippen LogP contribution in [-0.2, 0) is 9.59 Å². The van der Waals surface area contributed by atoms with Gasteiger partial charge in [-0.2, -0.15) is 0 Å². The van der Waals surface area contributed by atoms with E-state index >= 15 is 0 Å². The number of hydrogen-bond donors (Lipinski definition) is 2. The normalized spacial score (nSPS) is 15.8. The number of anilines is 1. The Morgan fingerprint density at radius 1 is 1.20 bits per heavy atom. The van der Waals surface area contributed by atoms with Crippen LogP contribution in [0.4, 0.5) is 5.69 Å². The molecule has 140 valence electrons. The van der Waals surface area contributed by atoms with Crippen LogP contribution in [0.15, 0.2) is 18.2 Å². The highest BCUT2D eigenvalue weighted by Gasteiger charge is 2.38. The molecule has 1 aliphatic carbocycles. The molecular formula is C17H24Cl3N3O2. The molecule has 0 atom stereocenters. The molecule has 1 saturated carbocycles. The lowest BCUT2D eigenvalue weighted by molar-refractivity contribution is -0.140. The van der Waals surface area contributed by atoms with Crippen molar-refractivity contribution in [3.05, 3.63) is 28.2 Å². The fourth-order valence-electron chi connectivity index (χ4n) is 3.01. The van der Waals surface area contributed by atoms with Crippen molar-refractivity contribution in [3.8, 4) is 0 Å². The van der Waals surface area contributed by atoms with E-state index in [9.17, 15) is 9.59 Å². The van der Waals surface area contributed by atoms with Gasteiger partial charge in [-0.3, -0.25) is 9.59 Å². The maximum absolute atomic E-state index is 12.7. The monoisotopic (exact) mass is 407 g/mol. The van der Waals surface area contributed by atoms with Crippen LogP contribution in [-0.4, -0.2) is 35.3 Å². The van der Waals surface area contributed by atoms with E-state index in [-0.39, 0.29) is 30.8 Å². The van der Waals surface area contributed by atoms with Gasteiger partial charge in [0.15, 0.2) is 0 Å². The Bertz CT molecular complexity index is 599. The van der Waals surface area contributed by atoms with Gasteiger partial charge in [-0.05, 0) is 31.9 Å². The van der Waals surface area contributed by atoms with Crippen LogP contribution in [0.2, 0.25) is 10.0 Å². The molecule has 8 heteroatoms. The number of nitrogens with zero attached hydrogens (tertiary/aromatic N) is 1. The van der Waals surface area contributed by atoms with E-state index in [1.807, 2.05) is 6.92 Å². The fourth-order valence-corrected chi connectivity index (χ4v) is 3.50. The zero-order chi connectivity index (χ0) is 17.7. The van der Waals surface area contributed by atoms with Crippen LogP contribution in [0.25, 0.3) is 0 Å². The number of para-hydroxylation sites is 1. The van der Waals surface area contributed by atoms with E-state index in [0.29, 0.717) is 35.1 Å². The minimum atomic E-state index is -0.851. The van der Waals surface area contributed by atoms with E-state index in [1.165, 1.54) is 4.90 Å². The van der Waals surface area contributed by atoms with Gasteiger partial charge in [0.1, 0.15) is 0 Å². The van der Waals surface area contributed by atoms with Crippen LogP contribution in [0.3, 0.4) is 0 Å². The number of carbonyl (C=O) groups excluding carboxylic acids is 2. The van der Waals surface area contributed by atoms with Crippen LogP contribution in [0, 0.1) is 0 Å². The number of nitrogens with two attached hydrogens (primary N) is 1. The maximum Gasteiger partial charge on any atom is 0.244 e. The fraction of sp³-hybridized carbons (Fsp3) is 0.529. The summed E-state index contributed by atoms with van der Waals surface area (Å²) in [6, 6.07) is 4.98. The summed E-state index contributed by atoms with van der Waals surface area (Å²) in [5.41, 5.74) is 5.80. The second kappa shape index (κ2) is 9.62. The van der Waals surface area contributed by atoms with Gasteiger partial charge in [0.2, 0.25) is 11.8 Å². The molecule has 2 rings (SSSR count). The molecule has 2 amide bonds. The van der Waals surface area contributed by atoms with Gasteiger partial charge >= 0.3 is 0 Å². The van der Waals surface area contributed by atoms with E-state index in [4.69, 9.17) is 28.9 Å². The number of halogens is 3. The second-order valence-electron chi connectivity index (χ2n) is 6.18. The summed E-state index contributed by atoms with van der Waals surface area (Å²) in [4.78, 5) is 26.5. The highest BCUT2D eigenvalue weighted by atomic mass is 35.5. The molecule has 5 nitrogen and oxygen atoms in total. The lowest BCUT2D eigenvalue weighted by Crippen LogP contribution is -2.57. The molecule has 1 fully saturated rings. The molecule has 3 N–H and O–H groups in total. The van der Waals surface area contributed by atoms with Crippen molar-refractivity contribution in [1.82, 2.24) is 4.90 Å². The Kier molecular flexibility index (Phi) is 8.48. The van der Waals surface area contributed by atoms with Gasteiger partial charge in [-0.15, -0.1) is 12.4 Å². The van der Waals surface area contributed by atoms with Crippen molar-refractivity contribution < 1.29 is 9.59 Å². The smallest absolute Gasteiger partial charge is 0.244 e. The Labute approximate surface area is 164 Å². The first kappa shape index (κ1) is 22.0. The molecule has 1 aliphatic rings. The van der Waals surface area contributed by atoms with Crippen molar-refractivity contribution in [2.75, 3.05) is 18.4 Å². The topological polar surface area (TPSA) is 75.4 Å². The predicted molar refractivity (Wildman–Crippen MR) is 105 cm³/mol. The Balaban J connectivity index is 0.00000312.